The third kappa shape index (κ3) is 9.43. The lowest BCUT2D eigenvalue weighted by Crippen LogP contribution is -2.26. The van der Waals surface area contributed by atoms with Gasteiger partial charge in [0.15, 0.2) is 24.1 Å². The summed E-state index contributed by atoms with van der Waals surface area (Å²) in [5.74, 6) is 0.212. The van der Waals surface area contributed by atoms with Gasteiger partial charge in [-0.15, -0.1) is 0 Å². The Morgan fingerprint density at radius 2 is 1.41 bits per heavy atom. The number of hydrogen-bond donors (Lipinski definition) is 1. The summed E-state index contributed by atoms with van der Waals surface area (Å²) >= 11 is 0. The van der Waals surface area contributed by atoms with Crippen LogP contribution in [0.25, 0.3) is 0 Å². The van der Waals surface area contributed by atoms with E-state index >= 15 is 0 Å². The molecule has 0 unspecified atom stereocenters. The second kappa shape index (κ2) is 13.6. The zero-order chi connectivity index (χ0) is 25.0. The predicted octanol–water partition coefficient (Wildman–Crippen LogP) is 4.34. The molecule has 1 saturated heterocycles. The molecular weight excluding hydrogens is 440 g/mol. The van der Waals surface area contributed by atoms with Crippen molar-refractivity contribution in [2.75, 3.05) is 27.1 Å². The Labute approximate surface area is 199 Å². The number of methoxy groups -OCH3 is 1. The van der Waals surface area contributed by atoms with E-state index in [0.29, 0.717) is 42.9 Å². The molecule has 34 heavy (non-hydrogen) atoms. The van der Waals surface area contributed by atoms with Crippen LogP contribution in [0.15, 0.2) is 48.5 Å². The van der Waals surface area contributed by atoms with Crippen molar-refractivity contribution in [1.82, 2.24) is 0 Å². The summed E-state index contributed by atoms with van der Waals surface area (Å²) in [6.07, 6.45) is 1.47. The Bertz CT molecular complexity index is 928. The highest BCUT2D eigenvalue weighted by atomic mass is 16.7. The average molecular weight is 473 g/mol. The van der Waals surface area contributed by atoms with Crippen LogP contribution in [0.3, 0.4) is 0 Å². The molecule has 3 rings (SSSR count). The molecule has 0 aliphatic carbocycles. The number of phenolic OH excluding ortho intramolecular Hbond substituents is 1. The minimum Gasteiger partial charge on any atom is -0.508 e. The summed E-state index contributed by atoms with van der Waals surface area (Å²) < 4.78 is 21.1. The van der Waals surface area contributed by atoms with Crippen LogP contribution in [0, 0.1) is 0 Å². The van der Waals surface area contributed by atoms with Crippen molar-refractivity contribution in [3.05, 3.63) is 59.7 Å². The van der Waals surface area contributed by atoms with Crippen LogP contribution in [0.2, 0.25) is 0 Å². The van der Waals surface area contributed by atoms with Gasteiger partial charge in [-0.2, -0.15) is 0 Å². The lowest BCUT2D eigenvalue weighted by Gasteiger charge is -2.21. The number of carbonyl (C=O) groups excluding carboxylic acids is 3. The minimum atomic E-state index is -0.614. The van der Waals surface area contributed by atoms with Crippen LogP contribution in [-0.2, 0) is 19.0 Å². The molecule has 8 nitrogen and oxygen atoms in total. The molecule has 8 heteroatoms. The molecular formula is C26H32O8. The van der Waals surface area contributed by atoms with Gasteiger partial charge < -0.3 is 28.8 Å². The molecule has 184 valence electrons. The number of aromatic hydroxyl groups is 1. The SMILES string of the molecule is CC(=O)CCC(=O)c1ccc(O)cc1.COCOc1ccc(C(=O)CCC2(C)OCCO2)cc1. The van der Waals surface area contributed by atoms with Crippen LogP contribution in [0.1, 0.15) is 60.2 Å². The smallest absolute Gasteiger partial charge is 0.188 e. The number of Topliss-reactive ketones (excluding diaryl/α,β-unsaturated/α-hetero) is 3. The lowest BCUT2D eigenvalue weighted by atomic mass is 10.0. The summed E-state index contributed by atoms with van der Waals surface area (Å²) in [5.41, 5.74) is 1.19. The predicted molar refractivity (Wildman–Crippen MR) is 125 cm³/mol. The van der Waals surface area contributed by atoms with Crippen molar-refractivity contribution in [3.63, 3.8) is 0 Å². The minimum absolute atomic E-state index is 0.0112. The first kappa shape index (κ1) is 27.2. The monoisotopic (exact) mass is 472 g/mol. The van der Waals surface area contributed by atoms with Gasteiger partial charge in [0.1, 0.15) is 17.3 Å². The zero-order valence-electron chi connectivity index (χ0n) is 19.9. The number of benzene rings is 2. The number of carbonyl (C=O) groups is 3. The summed E-state index contributed by atoms with van der Waals surface area (Å²) in [7, 11) is 1.56. The van der Waals surface area contributed by atoms with Gasteiger partial charge in [0.25, 0.3) is 0 Å². The Morgan fingerprint density at radius 3 is 1.94 bits per heavy atom. The summed E-state index contributed by atoms with van der Waals surface area (Å²) in [6, 6.07) is 13.1. The highest BCUT2D eigenvalue weighted by Crippen LogP contribution is 2.25. The highest BCUT2D eigenvalue weighted by molar-refractivity contribution is 5.98. The molecule has 0 bridgehead atoms. The fourth-order valence-electron chi connectivity index (χ4n) is 3.13. The normalized spacial score (nSPS) is 14.1. The highest BCUT2D eigenvalue weighted by Gasteiger charge is 2.31. The van der Waals surface area contributed by atoms with Crippen LogP contribution in [-0.4, -0.2) is 55.4 Å². The van der Waals surface area contributed by atoms with E-state index in [1.54, 1.807) is 43.5 Å². The van der Waals surface area contributed by atoms with Crippen molar-refractivity contribution in [2.24, 2.45) is 0 Å². The molecule has 2 aromatic carbocycles. The van der Waals surface area contributed by atoms with Crippen LogP contribution >= 0.6 is 0 Å². The van der Waals surface area contributed by atoms with Gasteiger partial charge in [0, 0.05) is 43.9 Å². The van der Waals surface area contributed by atoms with Crippen LogP contribution < -0.4 is 4.74 Å². The maximum Gasteiger partial charge on any atom is 0.188 e. The summed E-state index contributed by atoms with van der Waals surface area (Å²) in [4.78, 5) is 34.2. The fraction of sp³-hybridized carbons (Fsp3) is 0.423. The second-order valence-corrected chi connectivity index (χ2v) is 8.00. The molecule has 1 N–H and O–H groups in total. The Morgan fingerprint density at radius 1 is 0.882 bits per heavy atom. The number of hydrogen-bond acceptors (Lipinski definition) is 8. The second-order valence-electron chi connectivity index (χ2n) is 8.00. The van der Waals surface area contributed by atoms with Crippen LogP contribution in [0.5, 0.6) is 11.5 Å². The van der Waals surface area contributed by atoms with Gasteiger partial charge in [0.2, 0.25) is 0 Å². The molecule has 1 heterocycles. The molecule has 0 spiro atoms. The molecule has 0 atom stereocenters. The van der Waals surface area contributed by atoms with E-state index in [1.165, 1.54) is 19.1 Å². The number of phenols is 1. The summed E-state index contributed by atoms with van der Waals surface area (Å²) in [6.45, 7) is 4.71. The average Bonchev–Trinajstić information content (AvgIpc) is 3.27. The maximum atomic E-state index is 12.1. The summed E-state index contributed by atoms with van der Waals surface area (Å²) in [5, 5.41) is 8.99. The Hall–Kier alpha value is -3.07. The van der Waals surface area contributed by atoms with E-state index < -0.39 is 5.79 Å². The topological polar surface area (TPSA) is 108 Å². The number of ether oxygens (including phenoxy) is 4. The molecule has 0 amide bonds. The van der Waals surface area contributed by atoms with E-state index in [0.717, 1.165) is 0 Å². The first-order valence-corrected chi connectivity index (χ1v) is 11.1. The van der Waals surface area contributed by atoms with Crippen molar-refractivity contribution >= 4 is 17.3 Å². The molecule has 1 aliphatic heterocycles. The van der Waals surface area contributed by atoms with E-state index in [1.807, 2.05) is 6.92 Å². The van der Waals surface area contributed by atoms with E-state index in [2.05, 4.69) is 0 Å². The van der Waals surface area contributed by atoms with E-state index in [-0.39, 0.29) is 42.7 Å². The van der Waals surface area contributed by atoms with E-state index in [4.69, 9.17) is 24.1 Å². The number of rotatable bonds is 11. The van der Waals surface area contributed by atoms with Crippen molar-refractivity contribution in [3.8, 4) is 11.5 Å². The number of ketones is 3. The van der Waals surface area contributed by atoms with E-state index in [9.17, 15) is 14.4 Å². The van der Waals surface area contributed by atoms with Gasteiger partial charge in [-0.05, 0) is 62.4 Å². The largest absolute Gasteiger partial charge is 0.508 e. The van der Waals surface area contributed by atoms with Crippen molar-refractivity contribution in [2.45, 2.75) is 45.3 Å². The molecule has 1 fully saturated rings. The van der Waals surface area contributed by atoms with Gasteiger partial charge in [0.05, 0.1) is 13.2 Å². The molecule has 0 radical (unpaired) electrons. The Kier molecular flexibility index (Phi) is 10.9. The zero-order valence-corrected chi connectivity index (χ0v) is 19.9. The van der Waals surface area contributed by atoms with Crippen molar-refractivity contribution in [1.29, 1.82) is 0 Å². The lowest BCUT2D eigenvalue weighted by molar-refractivity contribution is -0.145. The van der Waals surface area contributed by atoms with Gasteiger partial charge >= 0.3 is 0 Å². The Balaban J connectivity index is 0.000000257. The fourth-order valence-corrected chi connectivity index (χ4v) is 3.13. The van der Waals surface area contributed by atoms with Crippen LogP contribution in [0.4, 0.5) is 0 Å². The molecule has 2 aromatic rings. The third-order valence-electron chi connectivity index (χ3n) is 5.12. The first-order valence-electron chi connectivity index (χ1n) is 11.1. The molecule has 0 saturated carbocycles. The van der Waals surface area contributed by atoms with Gasteiger partial charge in [-0.1, -0.05) is 0 Å². The maximum absolute atomic E-state index is 12.1. The first-order chi connectivity index (χ1) is 16.2. The third-order valence-corrected chi connectivity index (χ3v) is 5.12. The van der Waals surface area contributed by atoms with Crippen molar-refractivity contribution < 1.29 is 38.4 Å². The van der Waals surface area contributed by atoms with Gasteiger partial charge in [-0.3, -0.25) is 9.59 Å². The van der Waals surface area contributed by atoms with Gasteiger partial charge in [-0.25, -0.2) is 0 Å². The molecule has 1 aliphatic rings. The molecule has 0 aromatic heterocycles. The standard InChI is InChI=1S/C15H20O5.C11H12O3/c1-15(19-9-10-20-15)8-7-14(16)12-3-5-13(6-4-12)18-11-17-2;1-8(12)2-7-11(14)9-3-5-10(13)6-4-9/h3-6H,7-11H2,1-2H3;3-6,13H,2,7H2,1H3. The quantitative estimate of drug-likeness (QED) is 0.380.